The highest BCUT2D eigenvalue weighted by molar-refractivity contribution is 6.04. The fourth-order valence-corrected chi connectivity index (χ4v) is 2.65. The molecule has 0 radical (unpaired) electrons. The number of nitrogens with zero attached hydrogens (tertiary/aromatic N) is 1. The van der Waals surface area contributed by atoms with Crippen molar-refractivity contribution in [3.8, 4) is 0 Å². The molecule has 1 atom stereocenters. The molecule has 1 aromatic carbocycles. The first-order valence-electron chi connectivity index (χ1n) is 8.19. The maximum atomic E-state index is 11.9. The SMILES string of the molecule is CCN(CCNC(=O)CC[C@@H]1NC(=O)NC1=O)c1cccc(C)c1. The van der Waals surface area contributed by atoms with E-state index < -0.39 is 12.1 Å². The van der Waals surface area contributed by atoms with Crippen molar-refractivity contribution in [1.82, 2.24) is 16.0 Å². The molecule has 7 nitrogen and oxygen atoms in total. The first-order chi connectivity index (χ1) is 11.5. The third-order valence-corrected chi connectivity index (χ3v) is 3.97. The Bertz CT molecular complexity index is 618. The molecule has 0 aromatic heterocycles. The second kappa shape index (κ2) is 8.33. The number of carbonyl (C=O) groups is 3. The average molecular weight is 332 g/mol. The number of anilines is 1. The van der Waals surface area contributed by atoms with E-state index in [1.54, 1.807) is 0 Å². The lowest BCUT2D eigenvalue weighted by molar-refractivity contribution is -0.122. The molecule has 3 N–H and O–H groups in total. The summed E-state index contributed by atoms with van der Waals surface area (Å²) in [7, 11) is 0. The van der Waals surface area contributed by atoms with Crippen molar-refractivity contribution in [3.63, 3.8) is 0 Å². The molecule has 7 heteroatoms. The van der Waals surface area contributed by atoms with Crippen molar-refractivity contribution < 1.29 is 14.4 Å². The van der Waals surface area contributed by atoms with Crippen LogP contribution in [-0.4, -0.2) is 43.5 Å². The van der Waals surface area contributed by atoms with Gasteiger partial charge in [0.2, 0.25) is 5.91 Å². The van der Waals surface area contributed by atoms with Gasteiger partial charge in [-0.3, -0.25) is 14.9 Å². The van der Waals surface area contributed by atoms with E-state index in [2.05, 4.69) is 52.9 Å². The van der Waals surface area contributed by atoms with Crippen LogP contribution in [0.2, 0.25) is 0 Å². The quantitative estimate of drug-likeness (QED) is 0.618. The number of aryl methyl sites for hydroxylation is 1. The predicted octanol–water partition coefficient (Wildman–Crippen LogP) is 0.926. The van der Waals surface area contributed by atoms with Crippen molar-refractivity contribution in [2.75, 3.05) is 24.5 Å². The van der Waals surface area contributed by atoms with E-state index in [0.29, 0.717) is 19.5 Å². The van der Waals surface area contributed by atoms with Crippen LogP contribution in [0.4, 0.5) is 10.5 Å². The molecule has 0 saturated carbocycles. The largest absolute Gasteiger partial charge is 0.370 e. The monoisotopic (exact) mass is 332 g/mol. The first-order valence-corrected chi connectivity index (χ1v) is 8.19. The molecule has 0 aliphatic carbocycles. The van der Waals surface area contributed by atoms with Gasteiger partial charge in [0.15, 0.2) is 0 Å². The lowest BCUT2D eigenvalue weighted by atomic mass is 10.1. The Balaban J connectivity index is 1.71. The van der Waals surface area contributed by atoms with E-state index >= 15 is 0 Å². The summed E-state index contributed by atoms with van der Waals surface area (Å²) < 4.78 is 0. The van der Waals surface area contributed by atoms with Crippen LogP contribution < -0.4 is 20.9 Å². The summed E-state index contributed by atoms with van der Waals surface area (Å²) in [6.45, 7) is 6.23. The molecule has 0 bridgehead atoms. The maximum absolute atomic E-state index is 11.9. The maximum Gasteiger partial charge on any atom is 0.322 e. The van der Waals surface area contributed by atoms with E-state index in [9.17, 15) is 14.4 Å². The van der Waals surface area contributed by atoms with Crippen molar-refractivity contribution in [3.05, 3.63) is 29.8 Å². The summed E-state index contributed by atoms with van der Waals surface area (Å²) >= 11 is 0. The van der Waals surface area contributed by atoms with Crippen LogP contribution in [0.1, 0.15) is 25.3 Å². The molecule has 1 heterocycles. The number of hydrogen-bond donors (Lipinski definition) is 3. The molecular formula is C17H24N4O3. The van der Waals surface area contributed by atoms with E-state index in [-0.39, 0.29) is 18.2 Å². The topological polar surface area (TPSA) is 90.5 Å². The molecule has 1 aliphatic heterocycles. The Morgan fingerprint density at radius 3 is 2.75 bits per heavy atom. The zero-order chi connectivity index (χ0) is 17.5. The highest BCUT2D eigenvalue weighted by atomic mass is 16.2. The molecule has 24 heavy (non-hydrogen) atoms. The van der Waals surface area contributed by atoms with Crippen molar-refractivity contribution in [1.29, 1.82) is 0 Å². The molecule has 1 aromatic rings. The number of amides is 4. The fourth-order valence-electron chi connectivity index (χ4n) is 2.65. The highest BCUT2D eigenvalue weighted by Gasteiger charge is 2.29. The number of rotatable bonds is 8. The number of carbonyl (C=O) groups excluding carboxylic acids is 3. The zero-order valence-electron chi connectivity index (χ0n) is 14.1. The van der Waals surface area contributed by atoms with Gasteiger partial charge in [-0.25, -0.2) is 4.79 Å². The molecule has 2 rings (SSSR count). The minimum atomic E-state index is -0.609. The van der Waals surface area contributed by atoms with Crippen LogP contribution in [0.25, 0.3) is 0 Å². The third-order valence-electron chi connectivity index (χ3n) is 3.97. The van der Waals surface area contributed by atoms with Gasteiger partial charge in [-0.05, 0) is 38.0 Å². The van der Waals surface area contributed by atoms with Gasteiger partial charge in [0.05, 0.1) is 0 Å². The number of hydrogen-bond acceptors (Lipinski definition) is 4. The molecular weight excluding hydrogens is 308 g/mol. The Labute approximate surface area is 141 Å². The van der Waals surface area contributed by atoms with Gasteiger partial charge < -0.3 is 15.5 Å². The first kappa shape index (κ1) is 17.8. The van der Waals surface area contributed by atoms with Crippen LogP contribution in [-0.2, 0) is 9.59 Å². The van der Waals surface area contributed by atoms with Crippen molar-refractivity contribution in [2.24, 2.45) is 0 Å². The van der Waals surface area contributed by atoms with E-state index in [1.807, 2.05) is 6.07 Å². The summed E-state index contributed by atoms with van der Waals surface area (Å²) in [6, 6.07) is 7.14. The molecule has 0 unspecified atom stereocenters. The molecule has 0 spiro atoms. The second-order valence-corrected chi connectivity index (χ2v) is 5.82. The van der Waals surface area contributed by atoms with Gasteiger partial charge in [-0.15, -0.1) is 0 Å². The Hall–Kier alpha value is -2.57. The number of nitrogens with one attached hydrogen (secondary N) is 3. The molecule has 130 valence electrons. The van der Waals surface area contributed by atoms with Crippen molar-refractivity contribution >= 4 is 23.5 Å². The van der Waals surface area contributed by atoms with Crippen molar-refractivity contribution in [2.45, 2.75) is 32.7 Å². The summed E-state index contributed by atoms with van der Waals surface area (Å²) in [5.41, 5.74) is 2.34. The summed E-state index contributed by atoms with van der Waals surface area (Å²) in [5.74, 6) is -0.492. The number of urea groups is 1. The Morgan fingerprint density at radius 1 is 1.33 bits per heavy atom. The molecule has 1 saturated heterocycles. The fraction of sp³-hybridized carbons (Fsp3) is 0.471. The minimum absolute atomic E-state index is 0.121. The lowest BCUT2D eigenvalue weighted by Gasteiger charge is -2.23. The van der Waals surface area contributed by atoms with E-state index in [1.165, 1.54) is 5.56 Å². The van der Waals surface area contributed by atoms with Gasteiger partial charge >= 0.3 is 6.03 Å². The van der Waals surface area contributed by atoms with Gasteiger partial charge in [0, 0.05) is 31.7 Å². The zero-order valence-corrected chi connectivity index (χ0v) is 14.1. The van der Waals surface area contributed by atoms with Gasteiger partial charge in [0.1, 0.15) is 6.04 Å². The normalized spacial score (nSPS) is 16.5. The highest BCUT2D eigenvalue weighted by Crippen LogP contribution is 2.15. The predicted molar refractivity (Wildman–Crippen MR) is 91.8 cm³/mol. The molecule has 1 fully saturated rings. The van der Waals surface area contributed by atoms with Gasteiger partial charge in [-0.1, -0.05) is 12.1 Å². The number of benzene rings is 1. The average Bonchev–Trinajstić information content (AvgIpc) is 2.87. The minimum Gasteiger partial charge on any atom is -0.370 e. The number of imide groups is 1. The van der Waals surface area contributed by atoms with E-state index in [0.717, 1.165) is 12.2 Å². The smallest absolute Gasteiger partial charge is 0.322 e. The van der Waals surface area contributed by atoms with Crippen LogP contribution in [0, 0.1) is 6.92 Å². The third kappa shape index (κ3) is 4.97. The second-order valence-electron chi connectivity index (χ2n) is 5.82. The Kier molecular flexibility index (Phi) is 6.17. The van der Waals surface area contributed by atoms with E-state index in [4.69, 9.17) is 0 Å². The van der Waals surface area contributed by atoms with Crippen LogP contribution in [0.3, 0.4) is 0 Å². The molecule has 1 aliphatic rings. The van der Waals surface area contributed by atoms with Gasteiger partial charge in [-0.2, -0.15) is 0 Å². The van der Waals surface area contributed by atoms with Crippen LogP contribution >= 0.6 is 0 Å². The summed E-state index contributed by atoms with van der Waals surface area (Å²) in [6.07, 6.45) is 0.508. The van der Waals surface area contributed by atoms with Crippen LogP contribution in [0.5, 0.6) is 0 Å². The molecule has 4 amide bonds. The Morgan fingerprint density at radius 2 is 2.12 bits per heavy atom. The standard InChI is InChI=1S/C17H24N4O3/c1-3-21(13-6-4-5-12(2)11-13)10-9-18-15(22)8-7-14-16(23)20-17(24)19-14/h4-6,11,14H,3,7-10H2,1-2H3,(H,18,22)(H2,19,20,23,24)/t14-/m0/s1. The van der Waals surface area contributed by atoms with Crippen LogP contribution in [0.15, 0.2) is 24.3 Å². The number of likely N-dealkylation sites (N-methyl/N-ethyl adjacent to an activating group) is 1. The summed E-state index contributed by atoms with van der Waals surface area (Å²) in [5, 5.41) is 7.49. The lowest BCUT2D eigenvalue weighted by Crippen LogP contribution is -2.36. The summed E-state index contributed by atoms with van der Waals surface area (Å²) in [4.78, 5) is 36.5. The van der Waals surface area contributed by atoms with Gasteiger partial charge in [0.25, 0.3) is 5.91 Å².